The van der Waals surface area contributed by atoms with Gasteiger partial charge in [-0.2, -0.15) is 5.26 Å². The highest BCUT2D eigenvalue weighted by Gasteiger charge is 2.25. The average Bonchev–Trinajstić information content (AvgIpc) is 3.54. The average molecular weight is 509 g/mol. The normalized spacial score (nSPS) is 10.9. The summed E-state index contributed by atoms with van der Waals surface area (Å²) in [6.07, 6.45) is 0. The molecular formula is C22H13ClN6OS3. The van der Waals surface area contributed by atoms with E-state index in [2.05, 4.69) is 21.4 Å². The van der Waals surface area contributed by atoms with Crippen LogP contribution in [0.1, 0.15) is 15.2 Å². The van der Waals surface area contributed by atoms with Gasteiger partial charge < -0.3 is 11.5 Å². The number of nitrogens with one attached hydrogen (secondary N) is 1. The second kappa shape index (κ2) is 8.46. The molecule has 162 valence electrons. The van der Waals surface area contributed by atoms with Crippen LogP contribution in [0.15, 0.2) is 47.2 Å². The van der Waals surface area contributed by atoms with Gasteiger partial charge in [0, 0.05) is 31.8 Å². The van der Waals surface area contributed by atoms with E-state index in [-0.39, 0.29) is 21.9 Å². The molecular weight excluding hydrogens is 496 g/mol. The topological polar surface area (TPSA) is 131 Å². The van der Waals surface area contributed by atoms with Gasteiger partial charge in [0.2, 0.25) is 0 Å². The van der Waals surface area contributed by atoms with Crippen LogP contribution in [0.5, 0.6) is 0 Å². The number of halogens is 1. The van der Waals surface area contributed by atoms with Gasteiger partial charge in [-0.25, -0.2) is 9.97 Å². The summed E-state index contributed by atoms with van der Waals surface area (Å²) in [7, 11) is 0. The number of nitriles is 1. The van der Waals surface area contributed by atoms with Crippen LogP contribution in [0.4, 0.5) is 16.6 Å². The third-order valence-electron chi connectivity index (χ3n) is 4.85. The molecule has 0 fully saturated rings. The van der Waals surface area contributed by atoms with Crippen LogP contribution >= 0.6 is 45.6 Å². The van der Waals surface area contributed by atoms with Gasteiger partial charge >= 0.3 is 0 Å². The monoisotopic (exact) mass is 508 g/mol. The zero-order valence-electron chi connectivity index (χ0n) is 16.6. The predicted molar refractivity (Wildman–Crippen MR) is 137 cm³/mol. The maximum atomic E-state index is 13.1. The van der Waals surface area contributed by atoms with Crippen LogP contribution in [0, 0.1) is 11.3 Å². The number of fused-ring (bicyclic) bond motifs is 1. The van der Waals surface area contributed by atoms with E-state index in [0.717, 1.165) is 27.5 Å². The molecule has 0 spiro atoms. The second-order valence-electron chi connectivity index (χ2n) is 6.86. The summed E-state index contributed by atoms with van der Waals surface area (Å²) in [5, 5.41) is 17.9. The van der Waals surface area contributed by atoms with Crippen molar-refractivity contribution in [3.63, 3.8) is 0 Å². The number of amides is 1. The second-order valence-corrected chi connectivity index (χ2v) is 10.1. The first-order valence-electron chi connectivity index (χ1n) is 9.44. The van der Waals surface area contributed by atoms with Gasteiger partial charge in [0.25, 0.3) is 5.91 Å². The van der Waals surface area contributed by atoms with Crippen LogP contribution in [-0.4, -0.2) is 15.9 Å². The minimum absolute atomic E-state index is 0.106. The number of hydrogen-bond acceptors (Lipinski definition) is 9. The number of anilines is 3. The van der Waals surface area contributed by atoms with Gasteiger partial charge in [0.05, 0.1) is 11.4 Å². The Morgan fingerprint density at radius 1 is 1.12 bits per heavy atom. The Bertz CT molecular complexity index is 1550. The highest BCUT2D eigenvalue weighted by atomic mass is 35.5. The molecule has 0 unspecified atom stereocenters. The summed E-state index contributed by atoms with van der Waals surface area (Å²) in [4.78, 5) is 23.5. The first-order chi connectivity index (χ1) is 16.0. The Hall–Kier alpha value is -3.49. The molecule has 0 bridgehead atoms. The van der Waals surface area contributed by atoms with Crippen molar-refractivity contribution >= 4 is 78.4 Å². The zero-order chi connectivity index (χ0) is 23.1. The number of carbonyl (C=O) groups is 1. The number of nitrogen functional groups attached to an aromatic ring is 2. The quantitative estimate of drug-likeness (QED) is 0.269. The highest BCUT2D eigenvalue weighted by Crippen LogP contribution is 2.44. The molecule has 1 amide bonds. The van der Waals surface area contributed by atoms with Gasteiger partial charge in [-0.1, -0.05) is 29.8 Å². The maximum absolute atomic E-state index is 13.1. The molecule has 0 saturated heterocycles. The fourth-order valence-electron chi connectivity index (χ4n) is 3.36. The minimum Gasteiger partial charge on any atom is -0.397 e. The lowest BCUT2D eigenvalue weighted by molar-refractivity contribution is 0.103. The van der Waals surface area contributed by atoms with Crippen molar-refractivity contribution in [2.24, 2.45) is 0 Å². The Balaban J connectivity index is 1.53. The fourth-order valence-corrected chi connectivity index (χ4v) is 5.99. The van der Waals surface area contributed by atoms with E-state index in [1.54, 1.807) is 12.1 Å². The number of hydrogen-bond donors (Lipinski definition) is 3. The lowest BCUT2D eigenvalue weighted by Crippen LogP contribution is -2.11. The van der Waals surface area contributed by atoms with Crippen LogP contribution < -0.4 is 16.8 Å². The molecule has 7 nitrogen and oxygen atoms in total. The van der Waals surface area contributed by atoms with E-state index >= 15 is 0 Å². The molecule has 1 aromatic carbocycles. The molecule has 33 heavy (non-hydrogen) atoms. The molecule has 4 heterocycles. The molecule has 0 saturated carbocycles. The number of rotatable bonds is 4. The van der Waals surface area contributed by atoms with Gasteiger partial charge in [0.1, 0.15) is 27.2 Å². The van der Waals surface area contributed by atoms with Crippen molar-refractivity contribution < 1.29 is 4.79 Å². The molecule has 0 aliphatic rings. The fraction of sp³-hybridized carbons (Fsp3) is 0. The predicted octanol–water partition coefficient (Wildman–Crippen LogP) is 6.09. The third-order valence-corrected chi connectivity index (χ3v) is 7.85. The summed E-state index contributed by atoms with van der Waals surface area (Å²) < 4.78 is 0. The van der Waals surface area contributed by atoms with Crippen molar-refractivity contribution in [2.45, 2.75) is 0 Å². The Morgan fingerprint density at radius 2 is 1.91 bits per heavy atom. The maximum Gasteiger partial charge on any atom is 0.269 e. The van der Waals surface area contributed by atoms with E-state index in [9.17, 15) is 10.1 Å². The lowest BCUT2D eigenvalue weighted by atomic mass is 10.0. The molecule has 0 aliphatic heterocycles. The molecule has 5 aromatic rings. The number of aromatic nitrogens is 2. The van der Waals surface area contributed by atoms with Gasteiger partial charge in [-0.15, -0.1) is 34.0 Å². The highest BCUT2D eigenvalue weighted by molar-refractivity contribution is 7.21. The largest absolute Gasteiger partial charge is 0.397 e. The molecule has 4 aromatic heterocycles. The molecule has 11 heteroatoms. The summed E-state index contributed by atoms with van der Waals surface area (Å²) in [5.41, 5.74) is 15.2. The zero-order valence-corrected chi connectivity index (χ0v) is 19.8. The summed E-state index contributed by atoms with van der Waals surface area (Å²) >= 11 is 9.84. The molecule has 5 N–H and O–H groups in total. The minimum atomic E-state index is -0.401. The Labute approximate surface area is 204 Å². The molecule has 0 radical (unpaired) electrons. The van der Waals surface area contributed by atoms with Gasteiger partial charge in [-0.05, 0) is 23.6 Å². The van der Waals surface area contributed by atoms with Crippen LogP contribution in [0.3, 0.4) is 0 Å². The van der Waals surface area contributed by atoms with Crippen molar-refractivity contribution in [2.75, 3.05) is 16.8 Å². The summed E-state index contributed by atoms with van der Waals surface area (Å²) in [6.45, 7) is 0. The number of pyridine rings is 1. The van der Waals surface area contributed by atoms with E-state index in [1.165, 1.54) is 22.7 Å². The van der Waals surface area contributed by atoms with E-state index in [1.807, 2.05) is 35.0 Å². The van der Waals surface area contributed by atoms with Crippen molar-refractivity contribution in [1.82, 2.24) is 9.97 Å². The molecule has 0 aliphatic carbocycles. The Kier molecular flexibility index (Phi) is 5.47. The first kappa shape index (κ1) is 21.4. The van der Waals surface area contributed by atoms with E-state index in [0.29, 0.717) is 25.9 Å². The van der Waals surface area contributed by atoms with E-state index < -0.39 is 5.91 Å². The Morgan fingerprint density at radius 3 is 2.61 bits per heavy atom. The van der Waals surface area contributed by atoms with Gasteiger partial charge in [-0.3, -0.25) is 10.1 Å². The van der Waals surface area contributed by atoms with Crippen molar-refractivity contribution in [1.29, 1.82) is 5.26 Å². The standard InChI is InChI=1S/C22H13ClN6OS3/c23-11-5-3-10(4-6-11)13-9-32-22(27-13)29-20(30)18-17(25)16-15(14-2-1-7-31-14)12(8-24)19(26)28-21(16)33-18/h1-7,9H,25H2,(H2,26,28)(H,27,29,30). The van der Waals surface area contributed by atoms with Gasteiger partial charge in [0.15, 0.2) is 5.13 Å². The van der Waals surface area contributed by atoms with Crippen molar-refractivity contribution in [3.05, 3.63) is 62.6 Å². The van der Waals surface area contributed by atoms with E-state index in [4.69, 9.17) is 23.1 Å². The summed E-state index contributed by atoms with van der Waals surface area (Å²) in [6, 6.07) is 13.2. The summed E-state index contributed by atoms with van der Waals surface area (Å²) in [5.74, 6) is -0.296. The first-order valence-corrected chi connectivity index (χ1v) is 12.4. The number of thiazole rings is 1. The van der Waals surface area contributed by atoms with Crippen molar-refractivity contribution in [3.8, 4) is 27.8 Å². The number of carbonyl (C=O) groups excluding carboxylic acids is 1. The SMILES string of the molecule is N#Cc1c(N)nc2sc(C(=O)Nc3nc(-c4ccc(Cl)cc4)cs3)c(N)c2c1-c1cccs1. The van der Waals surface area contributed by atoms with Crippen LogP contribution in [0.25, 0.3) is 31.9 Å². The third kappa shape index (κ3) is 3.81. The lowest BCUT2D eigenvalue weighted by Gasteiger charge is -2.07. The molecule has 0 atom stereocenters. The molecule has 5 rings (SSSR count). The number of nitrogens with zero attached hydrogens (tertiary/aromatic N) is 3. The van der Waals surface area contributed by atoms with Crippen LogP contribution in [0.2, 0.25) is 5.02 Å². The smallest absolute Gasteiger partial charge is 0.269 e. The van der Waals surface area contributed by atoms with Crippen LogP contribution in [-0.2, 0) is 0 Å². The number of nitrogens with two attached hydrogens (primary N) is 2. The number of thiophene rings is 2. The number of benzene rings is 1.